The highest BCUT2D eigenvalue weighted by atomic mass is 32.2. The fourth-order valence-electron chi connectivity index (χ4n) is 1.24. The molecule has 0 fully saturated rings. The lowest BCUT2D eigenvalue weighted by molar-refractivity contribution is 0.565. The quantitative estimate of drug-likeness (QED) is 0.602. The topological polar surface area (TPSA) is 37.3 Å². The molecule has 1 unspecified atom stereocenters. The Kier molecular flexibility index (Phi) is 3.05. The first-order valence-corrected chi connectivity index (χ1v) is 8.74. The molecule has 72 valence electrons. The summed E-state index contributed by atoms with van der Waals surface area (Å²) in [4.78, 5) is 0.571. The van der Waals surface area contributed by atoms with Crippen molar-refractivity contribution in [2.24, 2.45) is 0 Å². The van der Waals surface area contributed by atoms with Crippen LogP contribution in [-0.4, -0.2) is 16.8 Å². The minimum absolute atomic E-state index is 0.571. The Morgan fingerprint density at radius 3 is 2.15 bits per heavy atom. The van der Waals surface area contributed by atoms with Gasteiger partial charge >= 0.3 is 0 Å². The van der Waals surface area contributed by atoms with Crippen LogP contribution in [0.2, 0.25) is 19.6 Å². The number of rotatable bonds is 2. The highest BCUT2D eigenvalue weighted by molar-refractivity contribution is 7.79. The first-order valence-electron chi connectivity index (χ1n) is 4.13. The van der Waals surface area contributed by atoms with E-state index in [1.165, 1.54) is 0 Å². The molecule has 1 rings (SSSR count). The van der Waals surface area contributed by atoms with Gasteiger partial charge in [0.2, 0.25) is 0 Å². The first kappa shape index (κ1) is 10.6. The predicted molar refractivity (Wildman–Crippen MR) is 58.5 cm³/mol. The van der Waals surface area contributed by atoms with Crippen LogP contribution in [0.15, 0.2) is 29.2 Å². The van der Waals surface area contributed by atoms with E-state index in [1.54, 1.807) is 12.1 Å². The van der Waals surface area contributed by atoms with E-state index in [2.05, 4.69) is 19.6 Å². The molecule has 0 aliphatic carbocycles. The zero-order chi connectivity index (χ0) is 10.1. The van der Waals surface area contributed by atoms with E-state index >= 15 is 0 Å². The van der Waals surface area contributed by atoms with Crippen LogP contribution in [0.5, 0.6) is 0 Å². The van der Waals surface area contributed by atoms with Gasteiger partial charge in [-0.2, -0.15) is 0 Å². The third-order valence-electron chi connectivity index (χ3n) is 1.88. The highest BCUT2D eigenvalue weighted by Gasteiger charge is 2.21. The normalized spacial score (nSPS) is 14.2. The van der Waals surface area contributed by atoms with Gasteiger partial charge in [-0.1, -0.05) is 37.8 Å². The molecule has 0 saturated heterocycles. The molecule has 0 spiro atoms. The van der Waals surface area contributed by atoms with Crippen LogP contribution in [0.4, 0.5) is 0 Å². The van der Waals surface area contributed by atoms with E-state index in [1.807, 2.05) is 12.1 Å². The summed E-state index contributed by atoms with van der Waals surface area (Å²) in [6.07, 6.45) is 0. The second-order valence-corrected chi connectivity index (χ2v) is 9.97. The van der Waals surface area contributed by atoms with Crippen molar-refractivity contribution in [2.45, 2.75) is 24.5 Å². The molecule has 1 atom stereocenters. The zero-order valence-corrected chi connectivity index (χ0v) is 9.89. The second-order valence-electron chi connectivity index (χ2n) is 4.00. The van der Waals surface area contributed by atoms with Crippen molar-refractivity contribution in [2.75, 3.05) is 0 Å². The summed E-state index contributed by atoms with van der Waals surface area (Å²) < 4.78 is 20.1. The molecule has 0 aliphatic rings. The SMILES string of the molecule is C[Si](C)(C)c1ccccc1S(=O)O. The van der Waals surface area contributed by atoms with E-state index in [-0.39, 0.29) is 0 Å². The molecule has 2 nitrogen and oxygen atoms in total. The van der Waals surface area contributed by atoms with E-state index in [0.717, 1.165) is 5.19 Å². The minimum atomic E-state index is -1.85. The van der Waals surface area contributed by atoms with Crippen LogP contribution in [0.25, 0.3) is 0 Å². The molecule has 13 heavy (non-hydrogen) atoms. The van der Waals surface area contributed by atoms with Gasteiger partial charge in [-0.05, 0) is 11.3 Å². The van der Waals surface area contributed by atoms with Gasteiger partial charge in [-0.15, -0.1) is 0 Å². The average Bonchev–Trinajstić information content (AvgIpc) is 2.03. The monoisotopic (exact) mass is 214 g/mol. The maximum Gasteiger partial charge on any atom is 0.186 e. The molecule has 0 heterocycles. The van der Waals surface area contributed by atoms with Gasteiger partial charge in [0.05, 0.1) is 13.0 Å². The molecule has 0 radical (unpaired) electrons. The second kappa shape index (κ2) is 3.73. The number of benzene rings is 1. The Labute approximate surface area is 82.3 Å². The summed E-state index contributed by atoms with van der Waals surface area (Å²) in [5.74, 6) is 0. The van der Waals surface area contributed by atoms with Gasteiger partial charge in [-0.3, -0.25) is 0 Å². The van der Waals surface area contributed by atoms with Crippen LogP contribution in [-0.2, 0) is 11.1 Å². The Morgan fingerprint density at radius 2 is 1.77 bits per heavy atom. The maximum absolute atomic E-state index is 11.0. The Balaban J connectivity index is 3.28. The lowest BCUT2D eigenvalue weighted by atomic mass is 10.4. The third-order valence-corrected chi connectivity index (χ3v) is 4.85. The van der Waals surface area contributed by atoms with Gasteiger partial charge in [0.15, 0.2) is 11.1 Å². The van der Waals surface area contributed by atoms with Gasteiger partial charge in [0.1, 0.15) is 0 Å². The summed E-state index contributed by atoms with van der Waals surface area (Å²) >= 11 is -1.85. The molecular formula is C9H14O2SSi. The summed E-state index contributed by atoms with van der Waals surface area (Å²) in [5.41, 5.74) is 0. The maximum atomic E-state index is 11.0. The minimum Gasteiger partial charge on any atom is -0.302 e. The van der Waals surface area contributed by atoms with Crippen molar-refractivity contribution >= 4 is 24.3 Å². The molecule has 0 aliphatic heterocycles. The van der Waals surface area contributed by atoms with E-state index in [9.17, 15) is 4.21 Å². The molecule has 0 saturated carbocycles. The van der Waals surface area contributed by atoms with E-state index in [0.29, 0.717) is 4.90 Å². The van der Waals surface area contributed by atoms with Crippen molar-refractivity contribution in [3.05, 3.63) is 24.3 Å². The van der Waals surface area contributed by atoms with Crippen LogP contribution in [0.1, 0.15) is 0 Å². The van der Waals surface area contributed by atoms with Crippen molar-refractivity contribution < 1.29 is 8.76 Å². The largest absolute Gasteiger partial charge is 0.302 e. The fraction of sp³-hybridized carbons (Fsp3) is 0.333. The standard InChI is InChI=1S/C9H14O2SSi/c1-13(2,3)9-7-5-4-6-8(9)12(10)11/h4-7H,1-3H3,(H,10,11). The van der Waals surface area contributed by atoms with Crippen LogP contribution in [0, 0.1) is 0 Å². The average molecular weight is 214 g/mol. The summed E-state index contributed by atoms with van der Waals surface area (Å²) in [5, 5.41) is 1.07. The lowest BCUT2D eigenvalue weighted by Gasteiger charge is -2.18. The summed E-state index contributed by atoms with van der Waals surface area (Å²) in [6.45, 7) is 6.50. The smallest absolute Gasteiger partial charge is 0.186 e. The highest BCUT2D eigenvalue weighted by Crippen LogP contribution is 2.09. The predicted octanol–water partition coefficient (Wildman–Crippen LogP) is 1.81. The summed E-state index contributed by atoms with van der Waals surface area (Å²) in [7, 11) is -1.49. The fourth-order valence-corrected chi connectivity index (χ4v) is 4.29. The van der Waals surface area contributed by atoms with E-state index < -0.39 is 19.2 Å². The van der Waals surface area contributed by atoms with Gasteiger partial charge < -0.3 is 4.55 Å². The molecule has 1 aromatic carbocycles. The molecule has 0 bridgehead atoms. The molecule has 4 heteroatoms. The van der Waals surface area contributed by atoms with Gasteiger partial charge in [0.25, 0.3) is 0 Å². The van der Waals surface area contributed by atoms with Gasteiger partial charge in [-0.25, -0.2) is 4.21 Å². The molecule has 1 N–H and O–H groups in total. The molecule has 1 aromatic rings. The van der Waals surface area contributed by atoms with Crippen molar-refractivity contribution in [1.82, 2.24) is 0 Å². The van der Waals surface area contributed by atoms with E-state index in [4.69, 9.17) is 4.55 Å². The third kappa shape index (κ3) is 2.49. The van der Waals surface area contributed by atoms with Crippen LogP contribution >= 0.6 is 0 Å². The van der Waals surface area contributed by atoms with Crippen LogP contribution in [0.3, 0.4) is 0 Å². The van der Waals surface area contributed by atoms with Crippen molar-refractivity contribution in [1.29, 1.82) is 0 Å². The molecule has 0 aromatic heterocycles. The molecule has 0 amide bonds. The Bertz CT molecular complexity index is 331. The van der Waals surface area contributed by atoms with Crippen molar-refractivity contribution in [3.63, 3.8) is 0 Å². The van der Waals surface area contributed by atoms with Crippen LogP contribution < -0.4 is 5.19 Å². The summed E-state index contributed by atoms with van der Waals surface area (Å²) in [6, 6.07) is 7.40. The lowest BCUT2D eigenvalue weighted by Crippen LogP contribution is -2.40. The number of hydrogen-bond acceptors (Lipinski definition) is 1. The Morgan fingerprint density at radius 1 is 1.23 bits per heavy atom. The van der Waals surface area contributed by atoms with Crippen molar-refractivity contribution in [3.8, 4) is 0 Å². The zero-order valence-electron chi connectivity index (χ0n) is 8.07. The van der Waals surface area contributed by atoms with Gasteiger partial charge in [0, 0.05) is 0 Å². The number of hydrogen-bond donors (Lipinski definition) is 1. The first-order chi connectivity index (χ1) is 5.93. The Hall–Kier alpha value is -0.453. The molecular weight excluding hydrogens is 200 g/mol.